The van der Waals surface area contributed by atoms with Gasteiger partial charge in [-0.3, -0.25) is 4.79 Å². The number of hydrogen-bond acceptors (Lipinski definition) is 7. The van der Waals surface area contributed by atoms with Gasteiger partial charge in [0.2, 0.25) is 5.91 Å². The maximum Gasteiger partial charge on any atom is 0.234 e. The molecule has 9 heteroatoms. The number of benzene rings is 1. The molecule has 8 nitrogen and oxygen atoms in total. The Labute approximate surface area is 148 Å². The van der Waals surface area contributed by atoms with Crippen molar-refractivity contribution in [3.63, 3.8) is 0 Å². The number of rotatable bonds is 8. The van der Waals surface area contributed by atoms with Gasteiger partial charge in [-0.05, 0) is 50.2 Å². The molecule has 1 heterocycles. The van der Waals surface area contributed by atoms with Crippen molar-refractivity contribution in [1.29, 1.82) is 0 Å². The average molecular weight is 371 g/mol. The van der Waals surface area contributed by atoms with Gasteiger partial charge in [-0.15, -0.1) is 0 Å². The first-order chi connectivity index (χ1) is 11.8. The number of nitrogens with two attached hydrogens (primary N) is 1. The third kappa shape index (κ3) is 5.15. The smallest absolute Gasteiger partial charge is 0.234 e. The van der Waals surface area contributed by atoms with Gasteiger partial charge in [0, 0.05) is 6.54 Å². The number of amides is 1. The second kappa shape index (κ2) is 8.61. The van der Waals surface area contributed by atoms with Gasteiger partial charge in [0.25, 0.3) is 0 Å². The lowest BCUT2D eigenvalue weighted by Gasteiger charge is -2.33. The number of primary amides is 1. The molecule has 3 N–H and O–H groups in total. The Morgan fingerprint density at radius 1 is 1.28 bits per heavy atom. The van der Waals surface area contributed by atoms with Crippen LogP contribution in [0.25, 0.3) is 0 Å². The number of sulfone groups is 1. The maximum atomic E-state index is 13.0. The van der Waals surface area contributed by atoms with Crippen LogP contribution in [0.15, 0.2) is 29.2 Å². The van der Waals surface area contributed by atoms with E-state index in [1.54, 1.807) is 12.1 Å². The van der Waals surface area contributed by atoms with Crippen molar-refractivity contribution in [2.24, 2.45) is 5.73 Å². The van der Waals surface area contributed by atoms with Gasteiger partial charge >= 0.3 is 0 Å². The molecule has 1 saturated heterocycles. The Kier molecular flexibility index (Phi) is 6.77. The van der Waals surface area contributed by atoms with Crippen LogP contribution < -0.4 is 10.5 Å². The van der Waals surface area contributed by atoms with Gasteiger partial charge in [0.15, 0.2) is 15.2 Å². The molecular formula is C16H25N3O5S. The predicted molar refractivity (Wildman–Crippen MR) is 91.9 cm³/mol. The summed E-state index contributed by atoms with van der Waals surface area (Å²) in [6, 6.07) is 5.94. The van der Waals surface area contributed by atoms with E-state index in [9.17, 15) is 18.4 Å². The minimum atomic E-state index is -3.90. The van der Waals surface area contributed by atoms with E-state index in [0.29, 0.717) is 10.8 Å². The number of hydroxylamine groups is 2. The predicted octanol–water partition coefficient (Wildman–Crippen LogP) is 0.457. The second-order valence-electron chi connectivity index (χ2n) is 6.10. The summed E-state index contributed by atoms with van der Waals surface area (Å²) in [7, 11) is -2.41. The van der Waals surface area contributed by atoms with Crippen molar-refractivity contribution in [1.82, 2.24) is 9.96 Å². The van der Waals surface area contributed by atoms with Crippen LogP contribution >= 0.6 is 0 Å². The molecule has 0 saturated carbocycles. The van der Waals surface area contributed by atoms with Gasteiger partial charge in [-0.2, -0.15) is 5.06 Å². The van der Waals surface area contributed by atoms with Crippen molar-refractivity contribution in [3.05, 3.63) is 24.3 Å². The fraction of sp³-hybridized carbons (Fsp3) is 0.562. The van der Waals surface area contributed by atoms with Gasteiger partial charge in [0.1, 0.15) is 12.3 Å². The number of nitrogens with zero attached hydrogens (tertiary/aromatic N) is 2. The number of likely N-dealkylation sites (tertiary alicyclic amines) is 1. The summed E-state index contributed by atoms with van der Waals surface area (Å²) in [5, 5.41) is 9.46. The van der Waals surface area contributed by atoms with E-state index in [1.165, 1.54) is 19.2 Å². The van der Waals surface area contributed by atoms with E-state index >= 15 is 0 Å². The first-order valence-corrected chi connectivity index (χ1v) is 9.73. The maximum absolute atomic E-state index is 13.0. The Hall–Kier alpha value is -1.68. The quantitative estimate of drug-likeness (QED) is 0.638. The molecule has 0 aromatic heterocycles. The van der Waals surface area contributed by atoms with Crippen LogP contribution in [-0.2, 0) is 14.6 Å². The summed E-state index contributed by atoms with van der Waals surface area (Å²) in [5.41, 5.74) is 5.12. The largest absolute Gasteiger partial charge is 0.497 e. The molecule has 1 fully saturated rings. The van der Waals surface area contributed by atoms with Gasteiger partial charge in [-0.1, -0.05) is 6.42 Å². The second-order valence-corrected chi connectivity index (χ2v) is 8.21. The third-order valence-electron chi connectivity index (χ3n) is 4.26. The van der Waals surface area contributed by atoms with Crippen molar-refractivity contribution in [3.8, 4) is 5.75 Å². The minimum absolute atomic E-state index is 0.0545. The SMILES string of the molecule is COc1ccc(S(=O)(=O)C(CN2CCCCC2)N(O)CC(N)=O)cc1. The van der Waals surface area contributed by atoms with E-state index in [0.717, 1.165) is 32.4 Å². The zero-order valence-electron chi connectivity index (χ0n) is 14.3. The third-order valence-corrected chi connectivity index (χ3v) is 6.30. The number of ether oxygens (including phenoxy) is 1. The highest BCUT2D eigenvalue weighted by Crippen LogP contribution is 2.23. The Bertz CT molecular complexity index is 672. The molecule has 0 radical (unpaired) electrons. The highest BCUT2D eigenvalue weighted by Gasteiger charge is 2.35. The molecule has 1 aliphatic rings. The molecular weight excluding hydrogens is 346 g/mol. The van der Waals surface area contributed by atoms with E-state index in [-0.39, 0.29) is 11.4 Å². The summed E-state index contributed by atoms with van der Waals surface area (Å²) >= 11 is 0. The molecule has 0 aliphatic carbocycles. The lowest BCUT2D eigenvalue weighted by atomic mass is 10.1. The fourth-order valence-corrected chi connectivity index (χ4v) is 4.53. The zero-order valence-corrected chi connectivity index (χ0v) is 15.1. The lowest BCUT2D eigenvalue weighted by molar-refractivity contribution is -0.140. The molecule has 1 amide bonds. The number of carbonyl (C=O) groups is 1. The summed E-state index contributed by atoms with van der Waals surface area (Å²) in [4.78, 5) is 13.2. The van der Waals surface area contributed by atoms with Crippen LogP contribution in [0.1, 0.15) is 19.3 Å². The molecule has 0 bridgehead atoms. The molecule has 1 atom stereocenters. The molecule has 140 valence electrons. The van der Waals surface area contributed by atoms with E-state index in [1.807, 2.05) is 4.90 Å². The number of methoxy groups -OCH3 is 1. The lowest BCUT2D eigenvalue weighted by Crippen LogP contribution is -2.50. The van der Waals surface area contributed by atoms with Crippen molar-refractivity contribution >= 4 is 15.7 Å². The van der Waals surface area contributed by atoms with Crippen molar-refractivity contribution in [2.75, 3.05) is 33.3 Å². The number of hydrogen-bond donors (Lipinski definition) is 2. The van der Waals surface area contributed by atoms with Gasteiger partial charge in [-0.25, -0.2) is 8.42 Å². The summed E-state index contributed by atoms with van der Waals surface area (Å²) in [6.07, 6.45) is 3.07. The number of piperidine rings is 1. The monoisotopic (exact) mass is 371 g/mol. The summed E-state index contributed by atoms with van der Waals surface area (Å²) in [5.74, 6) is -0.263. The van der Waals surface area contributed by atoms with Crippen LogP contribution in [0.5, 0.6) is 5.75 Å². The average Bonchev–Trinajstić information content (AvgIpc) is 2.59. The first-order valence-electron chi connectivity index (χ1n) is 8.18. The molecule has 1 aliphatic heterocycles. The molecule has 0 spiro atoms. The summed E-state index contributed by atoms with van der Waals surface area (Å²) < 4.78 is 31.1. The van der Waals surface area contributed by atoms with E-state index in [4.69, 9.17) is 10.5 Å². The van der Waals surface area contributed by atoms with Crippen LogP contribution in [-0.4, -0.2) is 68.2 Å². The van der Waals surface area contributed by atoms with Crippen LogP contribution in [0.4, 0.5) is 0 Å². The molecule has 1 aromatic carbocycles. The fourth-order valence-electron chi connectivity index (χ4n) is 2.90. The minimum Gasteiger partial charge on any atom is -0.497 e. The van der Waals surface area contributed by atoms with Crippen LogP contribution in [0.2, 0.25) is 0 Å². The van der Waals surface area contributed by atoms with Gasteiger partial charge < -0.3 is 20.6 Å². The van der Waals surface area contributed by atoms with Crippen LogP contribution in [0.3, 0.4) is 0 Å². The van der Waals surface area contributed by atoms with E-state index < -0.39 is 27.7 Å². The molecule has 1 unspecified atom stereocenters. The topological polar surface area (TPSA) is 113 Å². The highest BCUT2D eigenvalue weighted by molar-refractivity contribution is 7.92. The number of carbonyl (C=O) groups excluding carboxylic acids is 1. The van der Waals surface area contributed by atoms with Crippen LogP contribution in [0, 0.1) is 0 Å². The standard InChI is InChI=1S/C16H25N3O5S/c1-24-13-5-7-14(8-6-13)25(22,23)16(19(21)11-15(17)20)12-18-9-3-2-4-10-18/h5-8,16,21H,2-4,9-12H2,1H3,(H2,17,20). The normalized spacial score (nSPS) is 17.4. The van der Waals surface area contributed by atoms with Crippen molar-refractivity contribution < 1.29 is 23.2 Å². The first kappa shape index (κ1) is 19.6. The molecule has 2 rings (SSSR count). The van der Waals surface area contributed by atoms with Gasteiger partial charge in [0.05, 0.1) is 12.0 Å². The Morgan fingerprint density at radius 2 is 1.88 bits per heavy atom. The van der Waals surface area contributed by atoms with Crippen molar-refractivity contribution in [2.45, 2.75) is 29.5 Å². The Morgan fingerprint density at radius 3 is 2.40 bits per heavy atom. The molecule has 1 aromatic rings. The van der Waals surface area contributed by atoms with E-state index in [2.05, 4.69) is 0 Å². The summed E-state index contributed by atoms with van der Waals surface area (Å²) in [6.45, 7) is 1.09. The zero-order chi connectivity index (χ0) is 18.4. The highest BCUT2D eigenvalue weighted by atomic mass is 32.2. The molecule has 25 heavy (non-hydrogen) atoms. The Balaban J connectivity index is 2.28.